The van der Waals surface area contributed by atoms with Crippen molar-refractivity contribution in [3.8, 4) is 0 Å². The Morgan fingerprint density at radius 2 is 1.79 bits per heavy atom. The first-order chi connectivity index (χ1) is 11.3. The summed E-state index contributed by atoms with van der Waals surface area (Å²) in [5, 5.41) is 0. The van der Waals surface area contributed by atoms with Crippen molar-refractivity contribution >= 4 is 27.5 Å². The largest absolute Gasteiger partial charge is 0.447 e. The van der Waals surface area contributed by atoms with Crippen LogP contribution in [-0.4, -0.2) is 27.7 Å². The molecule has 126 valence electrons. The third-order valence-electron chi connectivity index (χ3n) is 3.32. The molecular weight excluding hydrogens is 342 g/mol. The van der Waals surface area contributed by atoms with E-state index in [4.69, 9.17) is 4.74 Å². The topological polar surface area (TPSA) is 75.7 Å². The van der Waals surface area contributed by atoms with Crippen molar-refractivity contribution in [2.45, 2.75) is 4.90 Å². The fourth-order valence-corrected chi connectivity index (χ4v) is 3.35. The van der Waals surface area contributed by atoms with Crippen molar-refractivity contribution in [3.05, 3.63) is 54.1 Å². The number of nitrogens with zero attached hydrogens (tertiary/aromatic N) is 1. The quantitative estimate of drug-likeness (QED) is 0.916. The Hall–Kier alpha value is -2.68. The fraction of sp³-hybridized carbons (Fsp3) is 0.133. The maximum Gasteiger partial charge on any atom is 0.414 e. The van der Waals surface area contributed by atoms with Crippen molar-refractivity contribution in [1.82, 2.24) is 0 Å². The summed E-state index contributed by atoms with van der Waals surface area (Å²) in [6, 6.07) is 8.06. The lowest BCUT2D eigenvalue weighted by atomic mass is 10.2. The highest BCUT2D eigenvalue weighted by atomic mass is 32.2. The van der Waals surface area contributed by atoms with E-state index in [0.29, 0.717) is 30.4 Å². The lowest BCUT2D eigenvalue weighted by Gasteiger charge is -2.14. The molecule has 1 amide bonds. The maximum absolute atomic E-state index is 13.2. The third kappa shape index (κ3) is 3.30. The van der Waals surface area contributed by atoms with Gasteiger partial charge in [0.25, 0.3) is 10.0 Å². The molecule has 0 atom stereocenters. The summed E-state index contributed by atoms with van der Waals surface area (Å²) in [5.74, 6) is -1.99. The molecule has 0 radical (unpaired) electrons. The highest BCUT2D eigenvalue weighted by Crippen LogP contribution is 2.24. The number of rotatable bonds is 4. The van der Waals surface area contributed by atoms with E-state index >= 15 is 0 Å². The molecule has 1 heterocycles. The first-order valence-electron chi connectivity index (χ1n) is 6.88. The molecule has 1 N–H and O–H groups in total. The predicted octanol–water partition coefficient (Wildman–Crippen LogP) is 2.72. The second-order valence-electron chi connectivity index (χ2n) is 5.03. The summed E-state index contributed by atoms with van der Waals surface area (Å²) in [6.07, 6.45) is -0.526. The lowest BCUT2D eigenvalue weighted by Crippen LogP contribution is -2.23. The van der Waals surface area contributed by atoms with Crippen LogP contribution in [0, 0.1) is 11.6 Å². The molecule has 6 nitrogen and oxygen atoms in total. The number of anilines is 2. The van der Waals surface area contributed by atoms with Crippen molar-refractivity contribution in [1.29, 1.82) is 0 Å². The van der Waals surface area contributed by atoms with Crippen LogP contribution in [0.5, 0.6) is 0 Å². The molecule has 24 heavy (non-hydrogen) atoms. The Morgan fingerprint density at radius 1 is 1.08 bits per heavy atom. The zero-order chi connectivity index (χ0) is 17.3. The molecule has 1 aliphatic rings. The highest BCUT2D eigenvalue weighted by molar-refractivity contribution is 7.92. The van der Waals surface area contributed by atoms with Crippen LogP contribution < -0.4 is 9.62 Å². The van der Waals surface area contributed by atoms with Crippen LogP contribution in [0.2, 0.25) is 0 Å². The van der Waals surface area contributed by atoms with Crippen LogP contribution in [0.4, 0.5) is 25.0 Å². The molecule has 0 spiro atoms. The standard InChI is InChI=1S/C15H12F2N2O4S/c16-10-6-11(17)8-14(7-10)24(21,22)18-12-2-1-3-13(9-12)19-4-5-23-15(19)20/h1-3,6-9,18H,4-5H2. The van der Waals surface area contributed by atoms with Gasteiger partial charge in [0.05, 0.1) is 17.1 Å². The number of amides is 1. The van der Waals surface area contributed by atoms with E-state index in [2.05, 4.69) is 4.72 Å². The number of halogens is 2. The molecule has 2 aromatic rings. The van der Waals surface area contributed by atoms with E-state index in [1.165, 1.54) is 17.0 Å². The predicted molar refractivity (Wildman–Crippen MR) is 82.3 cm³/mol. The molecule has 1 aliphatic heterocycles. The van der Waals surface area contributed by atoms with Crippen molar-refractivity contribution < 1.29 is 26.7 Å². The number of nitrogens with one attached hydrogen (secondary N) is 1. The first kappa shape index (κ1) is 16.2. The van der Waals surface area contributed by atoms with Gasteiger partial charge in [-0.2, -0.15) is 0 Å². The molecule has 0 aromatic heterocycles. The van der Waals surface area contributed by atoms with Crippen LogP contribution >= 0.6 is 0 Å². The summed E-state index contributed by atoms with van der Waals surface area (Å²) >= 11 is 0. The smallest absolute Gasteiger partial charge is 0.414 e. The second kappa shape index (κ2) is 6.08. The monoisotopic (exact) mass is 354 g/mol. The minimum atomic E-state index is -4.18. The van der Waals surface area contributed by atoms with Gasteiger partial charge in [-0.3, -0.25) is 9.62 Å². The van der Waals surface area contributed by atoms with E-state index in [1.807, 2.05) is 0 Å². The minimum absolute atomic E-state index is 0.150. The van der Waals surface area contributed by atoms with Gasteiger partial charge in [-0.05, 0) is 30.3 Å². The molecular formula is C15H12F2N2O4S. The van der Waals surface area contributed by atoms with Gasteiger partial charge in [0.2, 0.25) is 0 Å². The summed E-state index contributed by atoms with van der Waals surface area (Å²) in [5.41, 5.74) is 0.597. The summed E-state index contributed by atoms with van der Waals surface area (Å²) in [6.45, 7) is 0.599. The Balaban J connectivity index is 1.89. The van der Waals surface area contributed by atoms with Crippen LogP contribution in [0.25, 0.3) is 0 Å². The van der Waals surface area contributed by atoms with Gasteiger partial charge in [-0.15, -0.1) is 0 Å². The lowest BCUT2D eigenvalue weighted by molar-refractivity contribution is 0.181. The fourth-order valence-electron chi connectivity index (χ4n) is 2.26. The molecule has 2 aromatic carbocycles. The van der Waals surface area contributed by atoms with Gasteiger partial charge in [-0.1, -0.05) is 6.07 Å². The van der Waals surface area contributed by atoms with Crippen LogP contribution in [0.3, 0.4) is 0 Å². The average molecular weight is 354 g/mol. The zero-order valence-corrected chi connectivity index (χ0v) is 13.0. The van der Waals surface area contributed by atoms with Crippen molar-refractivity contribution in [3.63, 3.8) is 0 Å². The molecule has 1 saturated heterocycles. The van der Waals surface area contributed by atoms with Crippen molar-refractivity contribution in [2.24, 2.45) is 0 Å². The number of ether oxygens (including phenoxy) is 1. The number of sulfonamides is 1. The summed E-state index contributed by atoms with van der Waals surface area (Å²) < 4.78 is 58.0. The summed E-state index contributed by atoms with van der Waals surface area (Å²) in [4.78, 5) is 12.4. The molecule has 0 saturated carbocycles. The highest BCUT2D eigenvalue weighted by Gasteiger charge is 2.24. The van der Waals surface area contributed by atoms with Gasteiger partial charge in [0.15, 0.2) is 0 Å². The van der Waals surface area contributed by atoms with Gasteiger partial charge < -0.3 is 4.74 Å². The van der Waals surface area contributed by atoms with Crippen LogP contribution in [0.15, 0.2) is 47.4 Å². The van der Waals surface area contributed by atoms with E-state index in [1.54, 1.807) is 12.1 Å². The number of hydrogen-bond donors (Lipinski definition) is 1. The first-order valence-corrected chi connectivity index (χ1v) is 8.37. The number of carbonyl (C=O) groups excluding carboxylic acids is 1. The molecule has 0 bridgehead atoms. The molecule has 9 heteroatoms. The minimum Gasteiger partial charge on any atom is -0.447 e. The van der Waals surface area contributed by atoms with Gasteiger partial charge >= 0.3 is 6.09 Å². The number of hydrogen-bond acceptors (Lipinski definition) is 4. The van der Waals surface area contributed by atoms with Crippen LogP contribution in [-0.2, 0) is 14.8 Å². The molecule has 0 unspecified atom stereocenters. The van der Waals surface area contributed by atoms with Crippen molar-refractivity contribution in [2.75, 3.05) is 22.8 Å². The average Bonchev–Trinajstić information content (AvgIpc) is 2.92. The Morgan fingerprint density at radius 3 is 2.42 bits per heavy atom. The normalized spacial score (nSPS) is 14.6. The van der Waals surface area contributed by atoms with Gasteiger partial charge in [0.1, 0.15) is 18.2 Å². The Bertz CT molecular complexity index is 882. The van der Waals surface area contributed by atoms with E-state index in [-0.39, 0.29) is 12.3 Å². The Labute approximate surface area is 136 Å². The molecule has 3 rings (SSSR count). The van der Waals surface area contributed by atoms with Gasteiger partial charge in [-0.25, -0.2) is 22.0 Å². The van der Waals surface area contributed by atoms with E-state index in [9.17, 15) is 22.0 Å². The van der Waals surface area contributed by atoms with Crippen LogP contribution in [0.1, 0.15) is 0 Å². The molecule has 1 fully saturated rings. The second-order valence-corrected chi connectivity index (χ2v) is 6.71. The number of benzene rings is 2. The maximum atomic E-state index is 13.2. The Kier molecular flexibility index (Phi) is 4.10. The zero-order valence-electron chi connectivity index (χ0n) is 12.2. The SMILES string of the molecule is O=C1OCCN1c1cccc(NS(=O)(=O)c2cc(F)cc(F)c2)c1. The molecule has 0 aliphatic carbocycles. The third-order valence-corrected chi connectivity index (χ3v) is 4.68. The van der Waals surface area contributed by atoms with E-state index in [0.717, 1.165) is 0 Å². The summed E-state index contributed by atoms with van der Waals surface area (Å²) in [7, 11) is -4.18. The number of cyclic esters (lactones) is 1. The van der Waals surface area contributed by atoms with E-state index < -0.39 is 32.6 Å². The van der Waals surface area contributed by atoms with Gasteiger partial charge in [0, 0.05) is 11.8 Å². The number of carbonyl (C=O) groups is 1.